The van der Waals surface area contributed by atoms with Crippen molar-refractivity contribution < 1.29 is 4.42 Å². The molecular formula is C16H23NO. The second kappa shape index (κ2) is 5.57. The summed E-state index contributed by atoms with van der Waals surface area (Å²) in [7, 11) is 0. The number of hydrogen-bond acceptors (Lipinski definition) is 2. The van der Waals surface area contributed by atoms with Crippen LogP contribution in [0, 0.1) is 5.92 Å². The third kappa shape index (κ3) is 2.75. The molecular weight excluding hydrogens is 222 g/mol. The molecule has 0 amide bonds. The maximum atomic E-state index is 6.13. The molecule has 0 fully saturated rings. The van der Waals surface area contributed by atoms with Crippen LogP contribution in [0.4, 0.5) is 0 Å². The molecule has 98 valence electrons. The van der Waals surface area contributed by atoms with E-state index in [2.05, 4.69) is 45.0 Å². The average Bonchev–Trinajstić information content (AvgIpc) is 2.77. The molecule has 2 aromatic rings. The zero-order chi connectivity index (χ0) is 13.1. The molecule has 1 aromatic heterocycles. The molecule has 0 aliphatic carbocycles. The third-order valence-corrected chi connectivity index (χ3v) is 3.47. The average molecular weight is 245 g/mol. The van der Waals surface area contributed by atoms with Gasteiger partial charge in [-0.05, 0) is 42.5 Å². The fraction of sp³-hybridized carbons (Fsp3) is 0.500. The first-order valence-electron chi connectivity index (χ1n) is 6.89. The summed E-state index contributed by atoms with van der Waals surface area (Å²) in [5.74, 6) is 1.29. The maximum Gasteiger partial charge on any atom is 0.134 e. The number of unbranched alkanes of at least 4 members (excludes halogenated alkanes) is 1. The van der Waals surface area contributed by atoms with Gasteiger partial charge in [-0.3, -0.25) is 0 Å². The summed E-state index contributed by atoms with van der Waals surface area (Å²) >= 11 is 0. The minimum absolute atomic E-state index is 0.0171. The molecule has 1 unspecified atom stereocenters. The summed E-state index contributed by atoms with van der Waals surface area (Å²) < 4.78 is 5.83. The Morgan fingerprint density at radius 3 is 2.67 bits per heavy atom. The molecule has 0 aliphatic rings. The Balaban J connectivity index is 2.28. The van der Waals surface area contributed by atoms with Crippen molar-refractivity contribution in [3.63, 3.8) is 0 Å². The standard InChI is InChI=1S/C16H23NO/c1-4-5-6-12-7-8-14-13(9-12)10-15(18-14)16(17)11(2)3/h7-11,16H,4-6,17H2,1-3H3. The zero-order valence-electron chi connectivity index (χ0n) is 11.6. The number of aryl methyl sites for hydroxylation is 1. The minimum atomic E-state index is -0.0171. The number of nitrogens with two attached hydrogens (primary N) is 1. The summed E-state index contributed by atoms with van der Waals surface area (Å²) in [5, 5.41) is 1.18. The van der Waals surface area contributed by atoms with E-state index in [1.807, 2.05) is 0 Å². The zero-order valence-corrected chi connectivity index (χ0v) is 11.6. The number of hydrogen-bond donors (Lipinski definition) is 1. The fourth-order valence-corrected chi connectivity index (χ4v) is 2.14. The van der Waals surface area contributed by atoms with Crippen LogP contribution in [-0.4, -0.2) is 0 Å². The molecule has 0 saturated heterocycles. The highest BCUT2D eigenvalue weighted by Gasteiger charge is 2.15. The van der Waals surface area contributed by atoms with Crippen molar-refractivity contribution in [3.8, 4) is 0 Å². The topological polar surface area (TPSA) is 39.2 Å². The molecule has 18 heavy (non-hydrogen) atoms. The Morgan fingerprint density at radius 1 is 1.22 bits per heavy atom. The van der Waals surface area contributed by atoms with Gasteiger partial charge in [0.2, 0.25) is 0 Å². The van der Waals surface area contributed by atoms with Crippen LogP contribution in [0.1, 0.15) is 51.0 Å². The molecule has 2 rings (SSSR count). The predicted molar refractivity (Wildman–Crippen MR) is 76.6 cm³/mol. The Labute approximate surface area is 109 Å². The Kier molecular flexibility index (Phi) is 4.07. The molecule has 2 heteroatoms. The van der Waals surface area contributed by atoms with Crippen molar-refractivity contribution >= 4 is 11.0 Å². The molecule has 1 aromatic carbocycles. The van der Waals surface area contributed by atoms with Crippen molar-refractivity contribution in [2.24, 2.45) is 11.7 Å². The normalized spacial score (nSPS) is 13.4. The third-order valence-electron chi connectivity index (χ3n) is 3.47. The van der Waals surface area contributed by atoms with E-state index in [1.165, 1.54) is 23.8 Å². The van der Waals surface area contributed by atoms with Crippen molar-refractivity contribution in [2.45, 2.75) is 46.1 Å². The summed E-state index contributed by atoms with van der Waals surface area (Å²) in [6.07, 6.45) is 3.61. The van der Waals surface area contributed by atoms with Crippen LogP contribution in [0.5, 0.6) is 0 Å². The van der Waals surface area contributed by atoms with Gasteiger partial charge in [-0.1, -0.05) is 33.3 Å². The van der Waals surface area contributed by atoms with Gasteiger partial charge in [-0.15, -0.1) is 0 Å². The van der Waals surface area contributed by atoms with Gasteiger partial charge in [0.05, 0.1) is 6.04 Å². The van der Waals surface area contributed by atoms with Crippen molar-refractivity contribution in [2.75, 3.05) is 0 Å². The first kappa shape index (κ1) is 13.2. The van der Waals surface area contributed by atoms with Gasteiger partial charge in [0, 0.05) is 5.39 Å². The van der Waals surface area contributed by atoms with Gasteiger partial charge >= 0.3 is 0 Å². The van der Waals surface area contributed by atoms with Crippen LogP contribution in [0.15, 0.2) is 28.7 Å². The Bertz CT molecular complexity index is 513. The quantitative estimate of drug-likeness (QED) is 0.846. The Hall–Kier alpha value is -1.28. The first-order valence-corrected chi connectivity index (χ1v) is 6.89. The lowest BCUT2D eigenvalue weighted by Crippen LogP contribution is -2.15. The van der Waals surface area contributed by atoms with Gasteiger partial charge in [0.15, 0.2) is 0 Å². The molecule has 0 radical (unpaired) electrons. The summed E-state index contributed by atoms with van der Waals surface area (Å²) in [5.41, 5.74) is 8.46. The molecule has 2 N–H and O–H groups in total. The smallest absolute Gasteiger partial charge is 0.134 e. The van der Waals surface area contributed by atoms with E-state index >= 15 is 0 Å². The first-order chi connectivity index (χ1) is 8.61. The van der Waals surface area contributed by atoms with Gasteiger partial charge in [0.25, 0.3) is 0 Å². The van der Waals surface area contributed by atoms with E-state index in [4.69, 9.17) is 10.2 Å². The number of fused-ring (bicyclic) bond motifs is 1. The van der Waals surface area contributed by atoms with Crippen LogP contribution in [0.25, 0.3) is 11.0 Å². The molecule has 0 aliphatic heterocycles. The van der Waals surface area contributed by atoms with Crippen LogP contribution < -0.4 is 5.73 Å². The lowest BCUT2D eigenvalue weighted by Gasteiger charge is -2.11. The second-order valence-corrected chi connectivity index (χ2v) is 5.39. The fourth-order valence-electron chi connectivity index (χ4n) is 2.14. The van der Waals surface area contributed by atoms with Crippen LogP contribution in [0.3, 0.4) is 0 Å². The van der Waals surface area contributed by atoms with Crippen LogP contribution >= 0.6 is 0 Å². The van der Waals surface area contributed by atoms with Gasteiger partial charge in [0.1, 0.15) is 11.3 Å². The van der Waals surface area contributed by atoms with E-state index in [0.717, 1.165) is 17.8 Å². The predicted octanol–water partition coefficient (Wildman–Crippen LogP) is 4.43. The minimum Gasteiger partial charge on any atom is -0.459 e. The highest BCUT2D eigenvalue weighted by atomic mass is 16.3. The van der Waals surface area contributed by atoms with Crippen molar-refractivity contribution in [1.29, 1.82) is 0 Å². The molecule has 0 saturated carbocycles. The van der Waals surface area contributed by atoms with Gasteiger partial charge in [-0.25, -0.2) is 0 Å². The number of furan rings is 1. The van der Waals surface area contributed by atoms with E-state index in [9.17, 15) is 0 Å². The van der Waals surface area contributed by atoms with E-state index in [-0.39, 0.29) is 6.04 Å². The highest BCUT2D eigenvalue weighted by molar-refractivity contribution is 5.78. The molecule has 1 atom stereocenters. The van der Waals surface area contributed by atoms with E-state index in [0.29, 0.717) is 5.92 Å². The van der Waals surface area contributed by atoms with Crippen LogP contribution in [0.2, 0.25) is 0 Å². The lowest BCUT2D eigenvalue weighted by molar-refractivity contribution is 0.418. The summed E-state index contributed by atoms with van der Waals surface area (Å²) in [4.78, 5) is 0. The molecule has 2 nitrogen and oxygen atoms in total. The second-order valence-electron chi connectivity index (χ2n) is 5.39. The number of benzene rings is 1. The molecule has 0 spiro atoms. The van der Waals surface area contributed by atoms with E-state index in [1.54, 1.807) is 0 Å². The summed E-state index contributed by atoms with van der Waals surface area (Å²) in [6.45, 7) is 6.45. The van der Waals surface area contributed by atoms with E-state index < -0.39 is 0 Å². The molecule has 0 bridgehead atoms. The monoisotopic (exact) mass is 245 g/mol. The largest absolute Gasteiger partial charge is 0.459 e. The lowest BCUT2D eigenvalue weighted by atomic mass is 10.0. The van der Waals surface area contributed by atoms with Gasteiger partial charge in [-0.2, -0.15) is 0 Å². The number of rotatable bonds is 5. The SMILES string of the molecule is CCCCc1ccc2oc(C(N)C(C)C)cc2c1. The van der Waals surface area contributed by atoms with Crippen LogP contribution in [-0.2, 0) is 6.42 Å². The summed E-state index contributed by atoms with van der Waals surface area (Å²) in [6, 6.07) is 8.53. The highest BCUT2D eigenvalue weighted by Crippen LogP contribution is 2.27. The molecule has 1 heterocycles. The maximum absolute atomic E-state index is 6.13. The van der Waals surface area contributed by atoms with Crippen molar-refractivity contribution in [1.82, 2.24) is 0 Å². The van der Waals surface area contributed by atoms with Gasteiger partial charge < -0.3 is 10.2 Å². The van der Waals surface area contributed by atoms with Crippen molar-refractivity contribution in [3.05, 3.63) is 35.6 Å². The Morgan fingerprint density at radius 2 is 2.00 bits per heavy atom.